The van der Waals surface area contributed by atoms with Gasteiger partial charge in [0.1, 0.15) is 18.3 Å². The first kappa shape index (κ1) is 27.8. The first-order chi connectivity index (χ1) is 15.8. The minimum absolute atomic E-state index is 0.0791. The van der Waals surface area contributed by atoms with Crippen LogP contribution in [-0.2, 0) is 26.2 Å². The van der Waals surface area contributed by atoms with E-state index in [1.54, 1.807) is 51.1 Å². The van der Waals surface area contributed by atoms with Crippen LogP contribution >= 0.6 is 23.2 Å². The van der Waals surface area contributed by atoms with Crippen molar-refractivity contribution in [1.29, 1.82) is 0 Å². The molecule has 1 unspecified atom stereocenters. The monoisotopic (exact) mass is 529 g/mol. The van der Waals surface area contributed by atoms with Gasteiger partial charge in [-0.1, -0.05) is 29.3 Å². The van der Waals surface area contributed by atoms with Gasteiger partial charge in [0.05, 0.1) is 19.1 Å². The molecule has 0 saturated heterocycles. The molecule has 0 aliphatic rings. The lowest BCUT2D eigenvalue weighted by Crippen LogP contribution is -2.52. The summed E-state index contributed by atoms with van der Waals surface area (Å²) in [6.45, 7) is 4.57. The lowest BCUT2D eigenvalue weighted by Gasteiger charge is -2.32. The molecule has 0 fully saturated rings. The molecule has 11 heteroatoms. The van der Waals surface area contributed by atoms with E-state index in [4.69, 9.17) is 27.9 Å². The van der Waals surface area contributed by atoms with Gasteiger partial charge in [0.2, 0.25) is 21.8 Å². The number of halogens is 2. The van der Waals surface area contributed by atoms with E-state index in [1.807, 2.05) is 0 Å². The molecule has 0 heterocycles. The van der Waals surface area contributed by atoms with E-state index in [1.165, 1.54) is 24.1 Å². The van der Waals surface area contributed by atoms with Gasteiger partial charge in [-0.15, -0.1) is 0 Å². The maximum atomic E-state index is 13.5. The van der Waals surface area contributed by atoms with Crippen molar-refractivity contribution in [2.75, 3.05) is 24.2 Å². The molecule has 2 aromatic carbocycles. The lowest BCUT2D eigenvalue weighted by atomic mass is 10.1. The zero-order valence-corrected chi connectivity index (χ0v) is 22.0. The molecule has 1 atom stereocenters. The number of nitrogens with zero attached hydrogens (tertiary/aromatic N) is 2. The average Bonchev–Trinajstić information content (AvgIpc) is 2.75. The third-order valence-corrected chi connectivity index (χ3v) is 6.88. The Balaban J connectivity index is 2.44. The summed E-state index contributed by atoms with van der Waals surface area (Å²) in [6, 6.07) is 10.1. The standard InChI is InChI=1S/C23H29Cl2N3O5S/c1-15(2)26-23(30)16(3)27(13-19-20(24)7-6-8-21(19)25)22(29)14-28(34(5,31)32)17-9-11-18(33-4)12-10-17/h6-12,15-16H,13-14H2,1-5H3,(H,26,30). The molecule has 0 aliphatic heterocycles. The summed E-state index contributed by atoms with van der Waals surface area (Å²) in [5.41, 5.74) is 0.741. The molecule has 34 heavy (non-hydrogen) atoms. The summed E-state index contributed by atoms with van der Waals surface area (Å²) < 4.78 is 31.2. The summed E-state index contributed by atoms with van der Waals surface area (Å²) in [5.74, 6) is -0.442. The first-order valence-corrected chi connectivity index (χ1v) is 13.1. The van der Waals surface area contributed by atoms with E-state index in [2.05, 4.69) is 5.32 Å². The number of sulfonamides is 1. The maximum Gasteiger partial charge on any atom is 0.244 e. The Hall–Kier alpha value is -2.49. The highest BCUT2D eigenvalue weighted by molar-refractivity contribution is 7.92. The molecular formula is C23H29Cl2N3O5S. The van der Waals surface area contributed by atoms with Crippen LogP contribution in [0.1, 0.15) is 26.3 Å². The van der Waals surface area contributed by atoms with E-state index < -0.39 is 28.5 Å². The summed E-state index contributed by atoms with van der Waals surface area (Å²) in [5, 5.41) is 3.44. The quantitative estimate of drug-likeness (QED) is 0.506. The number of ether oxygens (including phenoxy) is 1. The van der Waals surface area contributed by atoms with Gasteiger partial charge in [0.25, 0.3) is 0 Å². The van der Waals surface area contributed by atoms with Crippen molar-refractivity contribution in [3.63, 3.8) is 0 Å². The van der Waals surface area contributed by atoms with Gasteiger partial charge in [-0.2, -0.15) is 0 Å². The zero-order chi connectivity index (χ0) is 25.6. The fourth-order valence-electron chi connectivity index (χ4n) is 3.20. The molecule has 0 aliphatic carbocycles. The Labute approximate surface area is 210 Å². The van der Waals surface area contributed by atoms with Gasteiger partial charge >= 0.3 is 0 Å². The second-order valence-electron chi connectivity index (χ2n) is 8.03. The largest absolute Gasteiger partial charge is 0.497 e. The molecule has 8 nitrogen and oxygen atoms in total. The molecule has 2 aromatic rings. The molecule has 1 N–H and O–H groups in total. The third-order valence-electron chi connectivity index (χ3n) is 5.03. The van der Waals surface area contributed by atoms with Crippen molar-refractivity contribution in [2.24, 2.45) is 0 Å². The number of methoxy groups -OCH3 is 1. The number of amides is 2. The Morgan fingerprint density at radius 2 is 1.59 bits per heavy atom. The summed E-state index contributed by atoms with van der Waals surface area (Å²) in [4.78, 5) is 27.5. The molecular weight excluding hydrogens is 501 g/mol. The average molecular weight is 530 g/mol. The Morgan fingerprint density at radius 1 is 1.03 bits per heavy atom. The van der Waals surface area contributed by atoms with Gasteiger partial charge in [0, 0.05) is 28.2 Å². The van der Waals surface area contributed by atoms with Crippen LogP contribution in [0.15, 0.2) is 42.5 Å². The van der Waals surface area contributed by atoms with Crippen molar-refractivity contribution >= 4 is 50.7 Å². The van der Waals surface area contributed by atoms with Crippen LogP contribution in [0.5, 0.6) is 5.75 Å². The van der Waals surface area contributed by atoms with Gasteiger partial charge in [-0.05, 0) is 57.2 Å². The van der Waals surface area contributed by atoms with Crippen LogP contribution < -0.4 is 14.4 Å². The first-order valence-electron chi connectivity index (χ1n) is 10.5. The number of hydrogen-bond acceptors (Lipinski definition) is 5. The fourth-order valence-corrected chi connectivity index (χ4v) is 4.57. The number of carbonyl (C=O) groups is 2. The van der Waals surface area contributed by atoms with Crippen LogP contribution in [0.3, 0.4) is 0 Å². The predicted octanol–water partition coefficient (Wildman–Crippen LogP) is 3.71. The molecule has 186 valence electrons. The van der Waals surface area contributed by atoms with Crippen molar-refractivity contribution in [3.8, 4) is 5.75 Å². The molecule has 0 saturated carbocycles. The Kier molecular flexibility index (Phi) is 9.61. The number of carbonyl (C=O) groups excluding carboxylic acids is 2. The van der Waals surface area contributed by atoms with E-state index in [0.717, 1.165) is 10.6 Å². The minimum Gasteiger partial charge on any atom is -0.497 e. The smallest absolute Gasteiger partial charge is 0.244 e. The number of nitrogens with one attached hydrogen (secondary N) is 1. The highest BCUT2D eigenvalue weighted by Crippen LogP contribution is 2.27. The third kappa shape index (κ3) is 7.25. The Morgan fingerprint density at radius 3 is 2.06 bits per heavy atom. The van der Waals surface area contributed by atoms with Crippen LogP contribution in [0, 0.1) is 0 Å². The van der Waals surface area contributed by atoms with Crippen LogP contribution in [0.2, 0.25) is 10.0 Å². The van der Waals surface area contributed by atoms with Gasteiger partial charge < -0.3 is 15.0 Å². The van der Waals surface area contributed by atoms with Crippen molar-refractivity contribution < 1.29 is 22.7 Å². The fraction of sp³-hybridized carbons (Fsp3) is 0.391. The van der Waals surface area contributed by atoms with Gasteiger partial charge in [-0.25, -0.2) is 8.42 Å². The van der Waals surface area contributed by atoms with Crippen LogP contribution in [0.25, 0.3) is 0 Å². The SMILES string of the molecule is COc1ccc(N(CC(=O)N(Cc2c(Cl)cccc2Cl)C(C)C(=O)NC(C)C)S(C)(=O)=O)cc1. The Bertz CT molecular complexity index is 1100. The normalized spacial score (nSPS) is 12.2. The second kappa shape index (κ2) is 11.8. The zero-order valence-electron chi connectivity index (χ0n) is 19.7. The highest BCUT2D eigenvalue weighted by atomic mass is 35.5. The van der Waals surface area contributed by atoms with E-state index >= 15 is 0 Å². The number of hydrogen-bond donors (Lipinski definition) is 1. The highest BCUT2D eigenvalue weighted by Gasteiger charge is 2.31. The van der Waals surface area contributed by atoms with Gasteiger partial charge in [-0.3, -0.25) is 13.9 Å². The number of benzene rings is 2. The molecule has 0 spiro atoms. The predicted molar refractivity (Wildman–Crippen MR) is 135 cm³/mol. The van der Waals surface area contributed by atoms with E-state index in [0.29, 0.717) is 21.4 Å². The molecule has 0 aromatic heterocycles. The second-order valence-corrected chi connectivity index (χ2v) is 10.7. The van der Waals surface area contributed by atoms with E-state index in [-0.39, 0.29) is 24.2 Å². The molecule has 0 radical (unpaired) electrons. The molecule has 2 rings (SSSR count). The van der Waals surface area contributed by atoms with Crippen molar-refractivity contribution in [2.45, 2.75) is 39.4 Å². The maximum absolute atomic E-state index is 13.5. The summed E-state index contributed by atoms with van der Waals surface area (Å²) in [6.07, 6.45) is 1.01. The van der Waals surface area contributed by atoms with Crippen molar-refractivity contribution in [1.82, 2.24) is 10.2 Å². The lowest BCUT2D eigenvalue weighted by molar-refractivity contribution is -0.139. The topological polar surface area (TPSA) is 96.0 Å². The molecule has 2 amide bonds. The summed E-state index contributed by atoms with van der Waals surface area (Å²) >= 11 is 12.6. The minimum atomic E-state index is -3.83. The van der Waals surface area contributed by atoms with Crippen LogP contribution in [-0.4, -0.2) is 57.1 Å². The van der Waals surface area contributed by atoms with Crippen LogP contribution in [0.4, 0.5) is 5.69 Å². The van der Waals surface area contributed by atoms with E-state index in [9.17, 15) is 18.0 Å². The molecule has 0 bridgehead atoms. The van der Waals surface area contributed by atoms with Gasteiger partial charge in [0.15, 0.2) is 0 Å². The number of anilines is 1. The van der Waals surface area contributed by atoms with Crippen molar-refractivity contribution in [3.05, 3.63) is 58.1 Å². The number of rotatable bonds is 10. The summed E-state index contributed by atoms with van der Waals surface area (Å²) in [7, 11) is -2.33.